The average molecular weight is 314 g/mol. The first kappa shape index (κ1) is 17.9. The van der Waals surface area contributed by atoms with Gasteiger partial charge in [-0.1, -0.05) is 12.1 Å². The first-order valence-corrected chi connectivity index (χ1v) is 7.14. The van der Waals surface area contributed by atoms with Crippen molar-refractivity contribution in [2.45, 2.75) is 19.4 Å². The third-order valence-corrected chi connectivity index (χ3v) is 3.61. The van der Waals surface area contributed by atoms with Crippen LogP contribution in [0.25, 0.3) is 0 Å². The predicted molar refractivity (Wildman–Crippen MR) is 86.9 cm³/mol. The zero-order valence-electron chi connectivity index (χ0n) is 12.3. The number of aliphatic hydroxyl groups is 1. The Balaban J connectivity index is 0.00000220. The first-order valence-electron chi connectivity index (χ1n) is 7.14. The van der Waals surface area contributed by atoms with E-state index in [4.69, 9.17) is 0 Å². The average Bonchev–Trinajstić information content (AvgIpc) is 2.46. The smallest absolute Gasteiger partial charge is 0.221 e. The van der Waals surface area contributed by atoms with Gasteiger partial charge >= 0.3 is 0 Å². The molecular weight excluding hydrogens is 290 g/mol. The van der Waals surface area contributed by atoms with Crippen molar-refractivity contribution in [2.75, 3.05) is 38.1 Å². The number of carbonyl (C=O) groups excluding carboxylic acids is 1. The number of benzene rings is 1. The maximum Gasteiger partial charge on any atom is 0.221 e. The number of hydrogen-bond acceptors (Lipinski definition) is 4. The SMILES string of the molecule is CC(=O)Nc1ccc([C@H](CCO)N2CCNCC2)cc1.Cl. The number of aliphatic hydroxyl groups excluding tert-OH is 1. The highest BCUT2D eigenvalue weighted by Gasteiger charge is 2.21. The van der Waals surface area contributed by atoms with Crippen molar-refractivity contribution in [1.82, 2.24) is 10.2 Å². The number of nitrogens with one attached hydrogen (secondary N) is 2. The fraction of sp³-hybridized carbons (Fsp3) is 0.533. The quantitative estimate of drug-likeness (QED) is 0.769. The molecule has 1 amide bonds. The Morgan fingerprint density at radius 1 is 1.33 bits per heavy atom. The molecule has 1 aromatic carbocycles. The van der Waals surface area contributed by atoms with Gasteiger partial charge in [0.05, 0.1) is 0 Å². The second-order valence-electron chi connectivity index (χ2n) is 5.12. The summed E-state index contributed by atoms with van der Waals surface area (Å²) in [5, 5.41) is 15.4. The van der Waals surface area contributed by atoms with Gasteiger partial charge < -0.3 is 15.7 Å². The molecule has 1 aliphatic rings. The van der Waals surface area contributed by atoms with Gasteiger partial charge in [0.25, 0.3) is 0 Å². The van der Waals surface area contributed by atoms with Crippen molar-refractivity contribution in [3.63, 3.8) is 0 Å². The Morgan fingerprint density at radius 3 is 2.48 bits per heavy atom. The summed E-state index contributed by atoms with van der Waals surface area (Å²) in [6.45, 7) is 5.67. The predicted octanol–water partition coefficient (Wildman–Crippen LogP) is 1.40. The van der Waals surface area contributed by atoms with Crippen molar-refractivity contribution in [3.8, 4) is 0 Å². The number of rotatable bonds is 5. The van der Waals surface area contributed by atoms with Gasteiger partial charge in [0, 0.05) is 51.4 Å². The van der Waals surface area contributed by atoms with E-state index in [0.717, 1.165) is 38.3 Å². The molecule has 0 bridgehead atoms. The fourth-order valence-corrected chi connectivity index (χ4v) is 2.67. The van der Waals surface area contributed by atoms with Crippen LogP contribution in [0, 0.1) is 0 Å². The zero-order chi connectivity index (χ0) is 14.4. The molecule has 0 aliphatic carbocycles. The van der Waals surface area contributed by atoms with Gasteiger partial charge in [0.2, 0.25) is 5.91 Å². The van der Waals surface area contributed by atoms with Gasteiger partial charge in [-0.3, -0.25) is 9.69 Å². The molecule has 1 heterocycles. The molecule has 1 atom stereocenters. The van der Waals surface area contributed by atoms with Crippen LogP contribution in [0.4, 0.5) is 5.69 Å². The van der Waals surface area contributed by atoms with Crippen LogP contribution in [0.15, 0.2) is 24.3 Å². The first-order chi connectivity index (χ1) is 9.70. The molecule has 21 heavy (non-hydrogen) atoms. The van der Waals surface area contributed by atoms with Crippen molar-refractivity contribution in [1.29, 1.82) is 0 Å². The van der Waals surface area contributed by atoms with Gasteiger partial charge in [0.1, 0.15) is 0 Å². The van der Waals surface area contributed by atoms with Crippen LogP contribution in [0.2, 0.25) is 0 Å². The second-order valence-corrected chi connectivity index (χ2v) is 5.12. The monoisotopic (exact) mass is 313 g/mol. The minimum Gasteiger partial charge on any atom is -0.396 e. The van der Waals surface area contributed by atoms with Crippen LogP contribution in [0.1, 0.15) is 24.9 Å². The van der Waals surface area contributed by atoms with Crippen molar-refractivity contribution in [3.05, 3.63) is 29.8 Å². The summed E-state index contributed by atoms with van der Waals surface area (Å²) < 4.78 is 0. The maximum absolute atomic E-state index is 11.0. The van der Waals surface area contributed by atoms with E-state index in [1.807, 2.05) is 24.3 Å². The van der Waals surface area contributed by atoms with Crippen LogP contribution in [0.5, 0.6) is 0 Å². The number of hydrogen-bond donors (Lipinski definition) is 3. The number of amides is 1. The van der Waals surface area contributed by atoms with Gasteiger partial charge in [-0.05, 0) is 24.1 Å². The van der Waals surface area contributed by atoms with Crippen LogP contribution in [-0.2, 0) is 4.79 Å². The standard InChI is InChI=1S/C15H23N3O2.ClH/c1-12(20)17-14-4-2-13(3-5-14)15(6-11-19)18-9-7-16-8-10-18;/h2-5,15-16,19H,6-11H2,1H3,(H,17,20);1H/t15-;/m0./s1. The van der Waals surface area contributed by atoms with Crippen molar-refractivity contribution >= 4 is 24.0 Å². The Labute approximate surface area is 132 Å². The third kappa shape index (κ3) is 5.28. The largest absolute Gasteiger partial charge is 0.396 e. The number of piperazine rings is 1. The summed E-state index contributed by atoms with van der Waals surface area (Å²) in [7, 11) is 0. The lowest BCUT2D eigenvalue weighted by Crippen LogP contribution is -2.45. The highest BCUT2D eigenvalue weighted by Crippen LogP contribution is 2.25. The zero-order valence-corrected chi connectivity index (χ0v) is 13.2. The van der Waals surface area contributed by atoms with Crippen molar-refractivity contribution < 1.29 is 9.90 Å². The van der Waals surface area contributed by atoms with Crippen LogP contribution in [0.3, 0.4) is 0 Å². The Bertz CT molecular complexity index is 433. The normalized spacial score (nSPS) is 16.9. The molecule has 118 valence electrons. The molecule has 1 aromatic rings. The third-order valence-electron chi connectivity index (χ3n) is 3.61. The van der Waals surface area contributed by atoms with E-state index in [2.05, 4.69) is 15.5 Å². The number of carbonyl (C=O) groups is 1. The fourth-order valence-electron chi connectivity index (χ4n) is 2.67. The molecule has 0 radical (unpaired) electrons. The highest BCUT2D eigenvalue weighted by molar-refractivity contribution is 5.88. The maximum atomic E-state index is 11.0. The van der Waals surface area contributed by atoms with E-state index in [1.54, 1.807) is 0 Å². The van der Waals surface area contributed by atoms with Crippen LogP contribution >= 0.6 is 12.4 Å². The second kappa shape index (κ2) is 9.00. The minimum atomic E-state index is -0.0632. The number of anilines is 1. The molecule has 0 spiro atoms. The molecule has 0 saturated carbocycles. The lowest BCUT2D eigenvalue weighted by atomic mass is 10.0. The Hall–Kier alpha value is -1.14. The van der Waals surface area contributed by atoms with E-state index in [-0.39, 0.29) is 31.0 Å². The van der Waals surface area contributed by atoms with Crippen LogP contribution in [-0.4, -0.2) is 48.7 Å². The molecule has 5 nitrogen and oxygen atoms in total. The summed E-state index contributed by atoms with van der Waals surface area (Å²) in [6, 6.07) is 8.15. The molecule has 1 fully saturated rings. The Kier molecular flexibility index (Phi) is 7.67. The Morgan fingerprint density at radius 2 is 1.95 bits per heavy atom. The minimum absolute atomic E-state index is 0. The van der Waals surface area contributed by atoms with Gasteiger partial charge in [-0.25, -0.2) is 0 Å². The lowest BCUT2D eigenvalue weighted by molar-refractivity contribution is -0.114. The molecule has 3 N–H and O–H groups in total. The summed E-state index contributed by atoms with van der Waals surface area (Å²) in [5.74, 6) is -0.0632. The van der Waals surface area contributed by atoms with Gasteiger partial charge in [0.15, 0.2) is 0 Å². The topological polar surface area (TPSA) is 64.6 Å². The van der Waals surface area contributed by atoms with E-state index in [0.29, 0.717) is 0 Å². The molecule has 6 heteroatoms. The summed E-state index contributed by atoms with van der Waals surface area (Å²) in [5.41, 5.74) is 2.00. The molecule has 0 unspecified atom stereocenters. The summed E-state index contributed by atoms with van der Waals surface area (Å²) in [6.07, 6.45) is 0.736. The lowest BCUT2D eigenvalue weighted by Gasteiger charge is -2.35. The van der Waals surface area contributed by atoms with E-state index in [9.17, 15) is 9.90 Å². The van der Waals surface area contributed by atoms with Crippen molar-refractivity contribution in [2.24, 2.45) is 0 Å². The molecular formula is C15H24ClN3O2. The van der Waals surface area contributed by atoms with Gasteiger partial charge in [-0.15, -0.1) is 12.4 Å². The summed E-state index contributed by atoms with van der Waals surface area (Å²) in [4.78, 5) is 13.4. The number of nitrogens with zero attached hydrogens (tertiary/aromatic N) is 1. The summed E-state index contributed by atoms with van der Waals surface area (Å²) >= 11 is 0. The van der Waals surface area contributed by atoms with Crippen LogP contribution < -0.4 is 10.6 Å². The molecule has 0 aromatic heterocycles. The van der Waals surface area contributed by atoms with E-state index in [1.165, 1.54) is 12.5 Å². The molecule has 1 aliphatic heterocycles. The van der Waals surface area contributed by atoms with E-state index < -0.39 is 0 Å². The molecule has 1 saturated heterocycles. The highest BCUT2D eigenvalue weighted by atomic mass is 35.5. The number of halogens is 1. The van der Waals surface area contributed by atoms with E-state index >= 15 is 0 Å². The van der Waals surface area contributed by atoms with Gasteiger partial charge in [-0.2, -0.15) is 0 Å². The molecule has 2 rings (SSSR count).